The summed E-state index contributed by atoms with van der Waals surface area (Å²) in [5.41, 5.74) is 0.689. The fraction of sp³-hybridized carbons (Fsp3) is 0.963. The van der Waals surface area contributed by atoms with Gasteiger partial charge in [-0.3, -0.25) is 0 Å². The van der Waals surface area contributed by atoms with Crippen molar-refractivity contribution >= 4 is 6.29 Å². The molecule has 0 bridgehead atoms. The van der Waals surface area contributed by atoms with E-state index in [0.717, 1.165) is 50.7 Å². The quantitative estimate of drug-likeness (QED) is 0.551. The van der Waals surface area contributed by atoms with Crippen LogP contribution >= 0.6 is 0 Å². The van der Waals surface area contributed by atoms with Gasteiger partial charge in [0.2, 0.25) is 0 Å². The molecule has 172 valence electrons. The third kappa shape index (κ3) is 3.70. The van der Waals surface area contributed by atoms with Gasteiger partial charge >= 0.3 is 0 Å². The summed E-state index contributed by atoms with van der Waals surface area (Å²) in [5, 5.41) is 21.6. The average molecular weight is 419 g/mol. The van der Waals surface area contributed by atoms with Gasteiger partial charge in [0.15, 0.2) is 0 Å². The van der Waals surface area contributed by atoms with Crippen molar-refractivity contribution in [2.45, 2.75) is 111 Å². The Bertz CT molecular complexity index is 619. The smallest absolute Gasteiger partial charge is 0.122 e. The van der Waals surface area contributed by atoms with Crippen LogP contribution < -0.4 is 0 Å². The van der Waals surface area contributed by atoms with E-state index < -0.39 is 0 Å². The lowest BCUT2D eigenvalue weighted by Crippen LogP contribution is -2.58. The maximum atomic E-state index is 11.3. The zero-order chi connectivity index (χ0) is 21.7. The topological polar surface area (TPSA) is 57.5 Å². The molecule has 0 aromatic rings. The Kier molecular flexibility index (Phi) is 6.45. The van der Waals surface area contributed by atoms with Crippen molar-refractivity contribution in [2.75, 3.05) is 0 Å². The Balaban J connectivity index is 1.48. The van der Waals surface area contributed by atoms with Crippen molar-refractivity contribution in [1.82, 2.24) is 0 Å². The molecule has 11 atom stereocenters. The molecule has 30 heavy (non-hydrogen) atoms. The Morgan fingerprint density at radius 3 is 2.37 bits per heavy atom. The van der Waals surface area contributed by atoms with E-state index >= 15 is 0 Å². The van der Waals surface area contributed by atoms with Crippen molar-refractivity contribution in [1.29, 1.82) is 0 Å². The maximum absolute atomic E-state index is 11.3. The minimum Gasteiger partial charge on any atom is -0.393 e. The third-order valence-electron chi connectivity index (χ3n) is 11.0. The summed E-state index contributed by atoms with van der Waals surface area (Å²) in [7, 11) is 0. The molecule has 4 fully saturated rings. The molecule has 3 nitrogen and oxygen atoms in total. The van der Waals surface area contributed by atoms with Crippen LogP contribution in [0.1, 0.15) is 98.3 Å². The van der Waals surface area contributed by atoms with E-state index in [4.69, 9.17) is 0 Å². The summed E-state index contributed by atoms with van der Waals surface area (Å²) in [6.45, 7) is 9.54. The molecule has 0 heterocycles. The molecule has 4 saturated carbocycles. The van der Waals surface area contributed by atoms with Gasteiger partial charge in [-0.1, -0.05) is 40.5 Å². The highest BCUT2D eigenvalue weighted by Crippen LogP contribution is 2.68. The number of aliphatic hydroxyl groups is 2. The zero-order valence-electron chi connectivity index (χ0n) is 19.9. The fourth-order valence-electron chi connectivity index (χ4n) is 9.21. The molecule has 4 rings (SSSR count). The van der Waals surface area contributed by atoms with Crippen LogP contribution in [0.2, 0.25) is 0 Å². The summed E-state index contributed by atoms with van der Waals surface area (Å²) in [6.07, 6.45) is 13.3. The highest BCUT2D eigenvalue weighted by Gasteiger charge is 2.62. The SMILES string of the molecule is CC(C=O)CCCC(C)C1CCC2C3C(O)CC4C[C@H](O)CC[C@]4(C)C3CC[C@]12C. The molecule has 8 unspecified atom stereocenters. The first-order chi connectivity index (χ1) is 14.2. The second-order valence-corrected chi connectivity index (χ2v) is 12.5. The van der Waals surface area contributed by atoms with E-state index in [-0.39, 0.29) is 18.1 Å². The average Bonchev–Trinajstić information content (AvgIpc) is 3.06. The lowest BCUT2D eigenvalue weighted by molar-refractivity contribution is -0.174. The summed E-state index contributed by atoms with van der Waals surface area (Å²) < 4.78 is 0. The summed E-state index contributed by atoms with van der Waals surface area (Å²) in [5.74, 6) is 3.94. The molecule has 0 spiro atoms. The number of rotatable bonds is 6. The number of hydrogen-bond donors (Lipinski definition) is 2. The summed E-state index contributed by atoms with van der Waals surface area (Å²) >= 11 is 0. The number of aldehydes is 1. The van der Waals surface area contributed by atoms with Gasteiger partial charge in [-0.05, 0) is 104 Å². The molecule has 4 aliphatic carbocycles. The molecule has 3 heteroatoms. The molecular formula is C27H46O3. The van der Waals surface area contributed by atoms with Crippen molar-refractivity contribution in [3.8, 4) is 0 Å². The molecular weight excluding hydrogens is 372 g/mol. The highest BCUT2D eigenvalue weighted by atomic mass is 16.3. The minimum absolute atomic E-state index is 0.153. The van der Waals surface area contributed by atoms with Gasteiger partial charge in [-0.15, -0.1) is 0 Å². The molecule has 0 amide bonds. The zero-order valence-corrected chi connectivity index (χ0v) is 19.9. The van der Waals surface area contributed by atoms with E-state index in [1.807, 2.05) is 6.92 Å². The molecule has 0 aliphatic heterocycles. The monoisotopic (exact) mass is 418 g/mol. The van der Waals surface area contributed by atoms with Gasteiger partial charge in [0, 0.05) is 5.92 Å². The summed E-state index contributed by atoms with van der Waals surface area (Å²) in [6, 6.07) is 0. The molecule has 2 N–H and O–H groups in total. The van der Waals surface area contributed by atoms with Crippen LogP contribution in [-0.2, 0) is 4.79 Å². The number of fused-ring (bicyclic) bond motifs is 5. The van der Waals surface area contributed by atoms with Crippen LogP contribution in [0, 0.1) is 52.3 Å². The normalized spacial score (nSPS) is 50.1. The molecule has 0 aromatic carbocycles. The van der Waals surface area contributed by atoms with Gasteiger partial charge < -0.3 is 15.0 Å². The molecule has 4 aliphatic rings. The highest BCUT2D eigenvalue weighted by molar-refractivity contribution is 5.52. The van der Waals surface area contributed by atoms with Crippen molar-refractivity contribution in [2.24, 2.45) is 52.3 Å². The number of carbonyl (C=O) groups is 1. The van der Waals surface area contributed by atoms with E-state index in [1.54, 1.807) is 0 Å². The Morgan fingerprint density at radius 1 is 0.933 bits per heavy atom. The van der Waals surface area contributed by atoms with E-state index in [9.17, 15) is 15.0 Å². The maximum Gasteiger partial charge on any atom is 0.122 e. The number of carbonyl (C=O) groups excluding carboxylic acids is 1. The second-order valence-electron chi connectivity index (χ2n) is 12.5. The predicted octanol–water partition coefficient (Wildman–Crippen LogP) is 5.62. The van der Waals surface area contributed by atoms with Crippen LogP contribution in [-0.4, -0.2) is 28.7 Å². The lowest BCUT2D eigenvalue weighted by atomic mass is 9.43. The fourth-order valence-corrected chi connectivity index (χ4v) is 9.21. The van der Waals surface area contributed by atoms with E-state index in [0.29, 0.717) is 40.4 Å². The molecule has 0 radical (unpaired) electrons. The van der Waals surface area contributed by atoms with Crippen LogP contribution in [0.3, 0.4) is 0 Å². The van der Waals surface area contributed by atoms with Gasteiger partial charge in [-0.2, -0.15) is 0 Å². The number of hydrogen-bond acceptors (Lipinski definition) is 3. The van der Waals surface area contributed by atoms with Crippen molar-refractivity contribution in [3.63, 3.8) is 0 Å². The Labute approximate surface area is 184 Å². The second kappa shape index (κ2) is 8.50. The first-order valence-electron chi connectivity index (χ1n) is 13.0. The van der Waals surface area contributed by atoms with Crippen molar-refractivity contribution < 1.29 is 15.0 Å². The van der Waals surface area contributed by atoms with Gasteiger partial charge in [-0.25, -0.2) is 0 Å². The predicted molar refractivity (Wildman–Crippen MR) is 121 cm³/mol. The van der Waals surface area contributed by atoms with Gasteiger partial charge in [0.1, 0.15) is 6.29 Å². The largest absolute Gasteiger partial charge is 0.393 e. The number of aliphatic hydroxyl groups excluding tert-OH is 2. The van der Waals surface area contributed by atoms with E-state index in [1.165, 1.54) is 32.1 Å². The van der Waals surface area contributed by atoms with Gasteiger partial charge in [0.05, 0.1) is 12.2 Å². The van der Waals surface area contributed by atoms with Crippen molar-refractivity contribution in [3.05, 3.63) is 0 Å². The van der Waals surface area contributed by atoms with Crippen LogP contribution in [0.25, 0.3) is 0 Å². The molecule has 0 saturated heterocycles. The van der Waals surface area contributed by atoms with E-state index in [2.05, 4.69) is 20.8 Å². The third-order valence-corrected chi connectivity index (χ3v) is 11.0. The van der Waals surface area contributed by atoms with Crippen LogP contribution in [0.4, 0.5) is 0 Å². The standard InChI is InChI=1S/C27H46O3/c1-17(16-28)6-5-7-18(2)21-8-9-22-25-23(11-13-27(21,22)4)26(3)12-10-20(29)14-19(26)15-24(25)30/h16-25,29-30H,5-15H2,1-4H3/t17?,18?,19?,20-,21?,22?,23?,24?,25?,26+,27-/m1/s1. The van der Waals surface area contributed by atoms with Crippen LogP contribution in [0.5, 0.6) is 0 Å². The van der Waals surface area contributed by atoms with Crippen LogP contribution in [0.15, 0.2) is 0 Å². The Hall–Kier alpha value is -0.410. The molecule has 0 aromatic heterocycles. The first-order valence-corrected chi connectivity index (χ1v) is 13.0. The first kappa shape index (κ1) is 22.8. The Morgan fingerprint density at radius 2 is 1.63 bits per heavy atom. The minimum atomic E-state index is -0.175. The lowest BCUT2D eigenvalue weighted by Gasteiger charge is -2.62. The summed E-state index contributed by atoms with van der Waals surface area (Å²) in [4.78, 5) is 10.9. The van der Waals surface area contributed by atoms with Gasteiger partial charge in [0.25, 0.3) is 0 Å².